The lowest BCUT2D eigenvalue weighted by molar-refractivity contribution is 0.295. The SMILES string of the molecule is Cc1ncsc1-c1ccc(C#N)c(NCCCO[Si](c2ccccc2)(c2ccccc2)C(C)(C)C)c1. The van der Waals surface area contributed by atoms with Crippen LogP contribution in [0.3, 0.4) is 0 Å². The summed E-state index contributed by atoms with van der Waals surface area (Å²) in [7, 11) is -2.53. The van der Waals surface area contributed by atoms with E-state index in [2.05, 4.69) is 104 Å². The molecule has 0 spiro atoms. The van der Waals surface area contributed by atoms with E-state index in [0.29, 0.717) is 12.2 Å². The third kappa shape index (κ3) is 5.29. The summed E-state index contributed by atoms with van der Waals surface area (Å²) in [6.07, 6.45) is 0.833. The maximum atomic E-state index is 9.63. The molecule has 0 radical (unpaired) electrons. The third-order valence-electron chi connectivity index (χ3n) is 6.52. The first-order valence-electron chi connectivity index (χ1n) is 12.3. The Morgan fingerprint density at radius 2 is 1.61 bits per heavy atom. The fraction of sp³-hybridized carbons (Fsp3) is 0.267. The monoisotopic (exact) mass is 511 g/mol. The molecule has 0 bridgehead atoms. The zero-order valence-corrected chi connectivity index (χ0v) is 23.2. The molecule has 4 nitrogen and oxygen atoms in total. The lowest BCUT2D eigenvalue weighted by Gasteiger charge is -2.43. The van der Waals surface area contributed by atoms with Crippen LogP contribution in [-0.4, -0.2) is 26.5 Å². The van der Waals surface area contributed by atoms with Crippen molar-refractivity contribution in [1.29, 1.82) is 5.26 Å². The minimum atomic E-state index is -2.53. The first-order valence-corrected chi connectivity index (χ1v) is 15.1. The lowest BCUT2D eigenvalue weighted by Crippen LogP contribution is -2.66. The Bertz CT molecular complexity index is 1280. The second-order valence-corrected chi connectivity index (χ2v) is 15.1. The van der Waals surface area contributed by atoms with E-state index in [9.17, 15) is 5.26 Å². The van der Waals surface area contributed by atoms with Gasteiger partial charge >= 0.3 is 0 Å². The number of benzene rings is 3. The molecule has 6 heteroatoms. The van der Waals surface area contributed by atoms with Gasteiger partial charge in [-0.05, 0) is 46.5 Å². The summed E-state index contributed by atoms with van der Waals surface area (Å²) < 4.78 is 6.99. The first-order chi connectivity index (χ1) is 17.4. The van der Waals surface area contributed by atoms with Gasteiger partial charge in [0.25, 0.3) is 8.32 Å². The Balaban J connectivity index is 1.51. The summed E-state index contributed by atoms with van der Waals surface area (Å²) >= 11 is 1.62. The van der Waals surface area contributed by atoms with E-state index in [-0.39, 0.29) is 5.04 Å². The Kier molecular flexibility index (Phi) is 8.05. The quantitative estimate of drug-likeness (QED) is 0.210. The number of thiazole rings is 1. The molecule has 4 rings (SSSR count). The summed E-state index contributed by atoms with van der Waals surface area (Å²) in [4.78, 5) is 5.50. The predicted molar refractivity (Wildman–Crippen MR) is 154 cm³/mol. The molecule has 0 aliphatic rings. The standard InChI is InChI=1S/C30H33N3OSSi/c1-23-29(35-22-33-23)24-16-17-25(21-31)28(20-24)32-18-11-19-34-36(30(2,3)4,26-12-7-5-8-13-26)27-14-9-6-10-15-27/h5-10,12-17,20,22,32H,11,18-19H2,1-4H3. The van der Waals surface area contributed by atoms with E-state index in [0.717, 1.165) is 34.8 Å². The van der Waals surface area contributed by atoms with Crippen LogP contribution in [0.5, 0.6) is 0 Å². The Morgan fingerprint density at radius 3 is 2.14 bits per heavy atom. The molecule has 0 atom stereocenters. The normalized spacial score (nSPS) is 11.8. The zero-order valence-electron chi connectivity index (χ0n) is 21.4. The van der Waals surface area contributed by atoms with Crippen molar-refractivity contribution in [3.8, 4) is 16.5 Å². The van der Waals surface area contributed by atoms with E-state index in [4.69, 9.17) is 4.43 Å². The van der Waals surface area contributed by atoms with Gasteiger partial charge in [0.05, 0.1) is 27.3 Å². The first kappa shape index (κ1) is 25.8. The van der Waals surface area contributed by atoms with Gasteiger partial charge in [-0.15, -0.1) is 11.3 Å². The number of hydrogen-bond donors (Lipinski definition) is 1. The second-order valence-electron chi connectivity index (χ2n) is 9.93. The second kappa shape index (κ2) is 11.2. The fourth-order valence-corrected chi connectivity index (χ4v) is 10.2. The number of rotatable bonds is 9. The molecule has 0 saturated heterocycles. The largest absolute Gasteiger partial charge is 0.407 e. The van der Waals surface area contributed by atoms with Gasteiger partial charge in [0.2, 0.25) is 0 Å². The molecule has 4 aromatic rings. The van der Waals surface area contributed by atoms with Crippen molar-refractivity contribution in [2.24, 2.45) is 0 Å². The maximum Gasteiger partial charge on any atom is 0.261 e. The smallest absolute Gasteiger partial charge is 0.261 e. The molecular weight excluding hydrogens is 479 g/mol. The molecule has 36 heavy (non-hydrogen) atoms. The summed E-state index contributed by atoms with van der Waals surface area (Å²) in [5.74, 6) is 0. The Labute approximate surface area is 219 Å². The minimum Gasteiger partial charge on any atom is -0.407 e. The van der Waals surface area contributed by atoms with Crippen LogP contribution in [0.2, 0.25) is 5.04 Å². The van der Waals surface area contributed by atoms with Crippen LogP contribution in [0.1, 0.15) is 38.4 Å². The molecule has 0 saturated carbocycles. The van der Waals surface area contributed by atoms with Crippen molar-refractivity contribution < 1.29 is 4.43 Å². The van der Waals surface area contributed by atoms with Gasteiger partial charge in [0, 0.05) is 13.2 Å². The van der Waals surface area contributed by atoms with Gasteiger partial charge in [-0.2, -0.15) is 5.26 Å². The summed E-state index contributed by atoms with van der Waals surface area (Å²) in [6.45, 7) is 10.3. The van der Waals surface area contributed by atoms with Crippen molar-refractivity contribution in [3.05, 3.63) is 95.6 Å². The highest BCUT2D eigenvalue weighted by molar-refractivity contribution is 7.13. The molecular formula is C30H33N3OSSi. The summed E-state index contributed by atoms with van der Waals surface area (Å²) in [5, 5.41) is 15.6. The van der Waals surface area contributed by atoms with Crippen LogP contribution < -0.4 is 15.7 Å². The van der Waals surface area contributed by atoms with Gasteiger partial charge in [-0.3, -0.25) is 0 Å². The van der Waals surface area contributed by atoms with Crippen molar-refractivity contribution in [1.82, 2.24) is 4.98 Å². The molecule has 1 N–H and O–H groups in total. The minimum absolute atomic E-state index is 0.0436. The van der Waals surface area contributed by atoms with Crippen LogP contribution in [-0.2, 0) is 4.43 Å². The van der Waals surface area contributed by atoms with Crippen LogP contribution >= 0.6 is 11.3 Å². The van der Waals surface area contributed by atoms with Gasteiger partial charge in [0.1, 0.15) is 6.07 Å². The Hall–Kier alpha value is -3.24. The van der Waals surface area contributed by atoms with E-state index >= 15 is 0 Å². The van der Waals surface area contributed by atoms with Crippen LogP contribution in [0.25, 0.3) is 10.4 Å². The fourth-order valence-electron chi connectivity index (χ4n) is 4.79. The van der Waals surface area contributed by atoms with E-state index < -0.39 is 8.32 Å². The van der Waals surface area contributed by atoms with Crippen molar-refractivity contribution in [2.75, 3.05) is 18.5 Å². The number of aromatic nitrogens is 1. The molecule has 0 fully saturated rings. The maximum absolute atomic E-state index is 9.63. The Morgan fingerprint density at radius 1 is 0.972 bits per heavy atom. The van der Waals surface area contributed by atoms with E-state index in [1.165, 1.54) is 10.4 Å². The van der Waals surface area contributed by atoms with E-state index in [1.807, 2.05) is 24.6 Å². The highest BCUT2D eigenvalue weighted by Crippen LogP contribution is 2.37. The van der Waals surface area contributed by atoms with Crippen molar-refractivity contribution in [3.63, 3.8) is 0 Å². The van der Waals surface area contributed by atoms with Gasteiger partial charge in [-0.1, -0.05) is 87.5 Å². The molecule has 184 valence electrons. The molecule has 0 aliphatic heterocycles. The molecule has 0 amide bonds. The average Bonchev–Trinajstić information content (AvgIpc) is 3.32. The number of nitrogens with zero attached hydrogens (tertiary/aromatic N) is 2. The number of nitrogens with one attached hydrogen (secondary N) is 1. The number of nitriles is 1. The zero-order chi connectivity index (χ0) is 25.6. The molecule has 0 unspecified atom stereocenters. The van der Waals surface area contributed by atoms with Crippen molar-refractivity contribution in [2.45, 2.75) is 39.2 Å². The van der Waals surface area contributed by atoms with Crippen LogP contribution in [0.4, 0.5) is 5.69 Å². The van der Waals surface area contributed by atoms with Gasteiger partial charge in [0.15, 0.2) is 0 Å². The number of hydrogen-bond acceptors (Lipinski definition) is 5. The molecule has 1 aromatic heterocycles. The van der Waals surface area contributed by atoms with Gasteiger partial charge < -0.3 is 9.74 Å². The molecule has 0 aliphatic carbocycles. The lowest BCUT2D eigenvalue weighted by atomic mass is 10.1. The topological polar surface area (TPSA) is 57.9 Å². The van der Waals surface area contributed by atoms with Crippen molar-refractivity contribution >= 4 is 35.7 Å². The average molecular weight is 512 g/mol. The summed E-state index contributed by atoms with van der Waals surface area (Å²) in [6, 6.07) is 29.7. The third-order valence-corrected chi connectivity index (χ3v) is 12.5. The predicted octanol–water partition coefficient (Wildman–Crippen LogP) is 6.37. The summed E-state index contributed by atoms with van der Waals surface area (Å²) in [5.41, 5.74) is 5.45. The highest BCUT2D eigenvalue weighted by atomic mass is 32.1. The highest BCUT2D eigenvalue weighted by Gasteiger charge is 2.49. The number of aryl methyl sites for hydroxylation is 1. The molecule has 3 aromatic carbocycles. The number of anilines is 1. The molecule has 1 heterocycles. The van der Waals surface area contributed by atoms with Crippen LogP contribution in [0.15, 0.2) is 84.4 Å². The van der Waals surface area contributed by atoms with Gasteiger partial charge in [-0.25, -0.2) is 4.98 Å². The van der Waals surface area contributed by atoms with E-state index in [1.54, 1.807) is 11.3 Å². The van der Waals surface area contributed by atoms with Crippen LogP contribution in [0, 0.1) is 18.3 Å².